The highest BCUT2D eigenvalue weighted by atomic mass is 16.5. The number of hydrogen-bond acceptors (Lipinski definition) is 4. The highest BCUT2D eigenvalue weighted by molar-refractivity contribution is 5.73. The van der Waals surface area contributed by atoms with Crippen LogP contribution in [0.25, 0.3) is 0 Å². The quantitative estimate of drug-likeness (QED) is 0.724. The molecule has 0 spiro atoms. The number of carboxylic acids is 1. The first-order valence-electron chi connectivity index (χ1n) is 6.34. The van der Waals surface area contributed by atoms with Crippen LogP contribution in [0, 0.1) is 0 Å². The van der Waals surface area contributed by atoms with Gasteiger partial charge >= 0.3 is 5.97 Å². The van der Waals surface area contributed by atoms with E-state index in [0.29, 0.717) is 32.7 Å². The van der Waals surface area contributed by atoms with Gasteiger partial charge in [-0.15, -0.1) is 0 Å². The fraction of sp³-hybridized carbons (Fsp3) is 0.917. The minimum absolute atomic E-state index is 0.00616. The lowest BCUT2D eigenvalue weighted by atomic mass is 10.2. The van der Waals surface area contributed by atoms with Crippen LogP contribution >= 0.6 is 0 Å². The molecule has 100 valence electrons. The summed E-state index contributed by atoms with van der Waals surface area (Å²) in [5, 5.41) is 9.14. The van der Waals surface area contributed by atoms with Crippen molar-refractivity contribution in [3.05, 3.63) is 0 Å². The predicted octanol–water partition coefficient (Wildman–Crippen LogP) is 0.975. The summed E-state index contributed by atoms with van der Waals surface area (Å²) in [5.74, 6) is -0.764. The summed E-state index contributed by atoms with van der Waals surface area (Å²) in [6.45, 7) is 8.33. The molecule has 0 saturated carbocycles. The Bertz CT molecular complexity index is 233. The topological polar surface area (TPSA) is 59.0 Å². The Morgan fingerprint density at radius 3 is 2.00 bits per heavy atom. The number of aliphatic carboxylic acids is 1. The van der Waals surface area contributed by atoms with Crippen LogP contribution in [-0.2, 0) is 14.3 Å². The molecule has 0 aromatic rings. The van der Waals surface area contributed by atoms with E-state index in [1.165, 1.54) is 0 Å². The van der Waals surface area contributed by atoms with Crippen molar-refractivity contribution in [2.24, 2.45) is 0 Å². The molecule has 17 heavy (non-hydrogen) atoms. The van der Waals surface area contributed by atoms with Gasteiger partial charge in [0.05, 0.1) is 12.2 Å². The van der Waals surface area contributed by atoms with Gasteiger partial charge < -0.3 is 14.6 Å². The lowest BCUT2D eigenvalue weighted by Crippen LogP contribution is -2.40. The summed E-state index contributed by atoms with van der Waals surface area (Å²) in [7, 11) is 0. The third kappa shape index (κ3) is 3.66. The van der Waals surface area contributed by atoms with E-state index in [9.17, 15) is 4.79 Å². The molecule has 5 heteroatoms. The maximum Gasteiger partial charge on any atom is 0.320 e. The number of ether oxygens (including phenoxy) is 2. The molecule has 0 amide bonds. The van der Waals surface area contributed by atoms with E-state index in [-0.39, 0.29) is 12.2 Å². The number of hydrogen-bond donors (Lipinski definition) is 1. The van der Waals surface area contributed by atoms with Gasteiger partial charge in [-0.1, -0.05) is 6.92 Å². The first kappa shape index (κ1) is 14.4. The zero-order valence-electron chi connectivity index (χ0n) is 10.9. The molecular weight excluding hydrogens is 222 g/mol. The van der Waals surface area contributed by atoms with Crippen molar-refractivity contribution in [1.82, 2.24) is 4.90 Å². The van der Waals surface area contributed by atoms with Gasteiger partial charge in [-0.3, -0.25) is 9.69 Å². The third-order valence-electron chi connectivity index (χ3n) is 3.12. The van der Waals surface area contributed by atoms with Crippen molar-refractivity contribution in [1.29, 1.82) is 0 Å². The van der Waals surface area contributed by atoms with Crippen LogP contribution in [0.5, 0.6) is 0 Å². The smallest absolute Gasteiger partial charge is 0.320 e. The second-order valence-electron chi connectivity index (χ2n) is 4.20. The second kappa shape index (κ2) is 6.93. The number of nitrogens with zero attached hydrogens (tertiary/aromatic N) is 1. The van der Waals surface area contributed by atoms with Crippen LogP contribution in [0.3, 0.4) is 0 Å². The Balaban J connectivity index is 2.63. The molecule has 3 atom stereocenters. The zero-order valence-corrected chi connectivity index (χ0v) is 10.9. The molecule has 1 aliphatic heterocycles. The molecule has 0 bridgehead atoms. The summed E-state index contributed by atoms with van der Waals surface area (Å²) < 4.78 is 11.2. The molecule has 1 N–H and O–H groups in total. The van der Waals surface area contributed by atoms with Gasteiger partial charge in [-0.05, 0) is 20.3 Å². The third-order valence-corrected chi connectivity index (χ3v) is 3.12. The van der Waals surface area contributed by atoms with Gasteiger partial charge in [0, 0.05) is 26.3 Å². The van der Waals surface area contributed by atoms with Gasteiger partial charge in [0.1, 0.15) is 6.04 Å². The maximum atomic E-state index is 11.1. The monoisotopic (exact) mass is 245 g/mol. The normalized spacial score (nSPS) is 27.2. The first-order chi connectivity index (χ1) is 8.13. The summed E-state index contributed by atoms with van der Waals surface area (Å²) in [6.07, 6.45) is 0.592. The van der Waals surface area contributed by atoms with Crippen LogP contribution in [-0.4, -0.2) is 60.5 Å². The van der Waals surface area contributed by atoms with Gasteiger partial charge in [0.15, 0.2) is 0 Å². The van der Waals surface area contributed by atoms with Crippen molar-refractivity contribution in [3.63, 3.8) is 0 Å². The Hall–Kier alpha value is -0.650. The van der Waals surface area contributed by atoms with Gasteiger partial charge in [-0.25, -0.2) is 0 Å². The van der Waals surface area contributed by atoms with E-state index in [1.54, 1.807) is 0 Å². The molecule has 1 heterocycles. The van der Waals surface area contributed by atoms with E-state index in [0.717, 1.165) is 0 Å². The van der Waals surface area contributed by atoms with Crippen LogP contribution in [0.15, 0.2) is 0 Å². The number of rotatable bonds is 7. The summed E-state index contributed by atoms with van der Waals surface area (Å²) in [6, 6.07) is -0.427. The lowest BCUT2D eigenvalue weighted by Gasteiger charge is -2.22. The summed E-state index contributed by atoms with van der Waals surface area (Å²) >= 11 is 0. The fourth-order valence-electron chi connectivity index (χ4n) is 2.36. The molecule has 0 radical (unpaired) electrons. The minimum Gasteiger partial charge on any atom is -0.480 e. The molecule has 0 aromatic carbocycles. The average molecular weight is 245 g/mol. The Labute approximate surface area is 103 Å². The molecule has 1 rings (SSSR count). The first-order valence-corrected chi connectivity index (χ1v) is 6.34. The van der Waals surface area contributed by atoms with Crippen molar-refractivity contribution in [2.75, 3.05) is 26.3 Å². The van der Waals surface area contributed by atoms with Crippen LogP contribution < -0.4 is 0 Å². The van der Waals surface area contributed by atoms with Crippen LogP contribution in [0.1, 0.15) is 27.2 Å². The van der Waals surface area contributed by atoms with Gasteiger partial charge in [0.25, 0.3) is 0 Å². The molecule has 5 nitrogen and oxygen atoms in total. The fourth-order valence-corrected chi connectivity index (χ4v) is 2.36. The van der Waals surface area contributed by atoms with Gasteiger partial charge in [-0.2, -0.15) is 0 Å². The maximum absolute atomic E-state index is 11.1. The molecular formula is C12H23NO4. The molecule has 0 aliphatic carbocycles. The van der Waals surface area contributed by atoms with Crippen molar-refractivity contribution >= 4 is 5.97 Å². The Morgan fingerprint density at radius 2 is 1.71 bits per heavy atom. The van der Waals surface area contributed by atoms with E-state index in [4.69, 9.17) is 14.6 Å². The van der Waals surface area contributed by atoms with E-state index >= 15 is 0 Å². The molecule has 0 aromatic heterocycles. The van der Waals surface area contributed by atoms with Crippen molar-refractivity contribution in [3.8, 4) is 0 Å². The Morgan fingerprint density at radius 1 is 1.24 bits per heavy atom. The van der Waals surface area contributed by atoms with E-state index < -0.39 is 12.0 Å². The lowest BCUT2D eigenvalue weighted by molar-refractivity contribution is -0.143. The summed E-state index contributed by atoms with van der Waals surface area (Å²) in [5.41, 5.74) is 0. The van der Waals surface area contributed by atoms with E-state index in [2.05, 4.69) is 0 Å². The molecule has 0 unspecified atom stereocenters. The highest BCUT2D eigenvalue weighted by Gasteiger charge is 2.38. The highest BCUT2D eigenvalue weighted by Crippen LogP contribution is 2.20. The number of likely N-dealkylation sites (tertiary alicyclic amines) is 1. The predicted molar refractivity (Wildman–Crippen MR) is 64.1 cm³/mol. The number of carboxylic acid groups (broad SMARTS) is 1. The standard InChI is InChI=1S/C12H23NO4/c1-4-9(12(14)15)13-7-10(16-5-2)11(8-13)17-6-3/h9-11H,4-8H2,1-3H3,(H,14,15)/t9-,10+,11+/m0/s1. The SMILES string of the molecule is CCO[C@@H]1CN([C@@H](CC)C(=O)O)C[C@H]1OCC. The Kier molecular flexibility index (Phi) is 5.88. The van der Waals surface area contributed by atoms with Gasteiger partial charge in [0.2, 0.25) is 0 Å². The molecule has 1 fully saturated rings. The zero-order chi connectivity index (χ0) is 12.8. The second-order valence-corrected chi connectivity index (χ2v) is 4.20. The van der Waals surface area contributed by atoms with Crippen molar-refractivity contribution in [2.45, 2.75) is 45.4 Å². The van der Waals surface area contributed by atoms with Crippen molar-refractivity contribution < 1.29 is 19.4 Å². The van der Waals surface area contributed by atoms with Crippen LogP contribution in [0.4, 0.5) is 0 Å². The summed E-state index contributed by atoms with van der Waals surface area (Å²) in [4.78, 5) is 13.1. The molecule has 1 saturated heterocycles. The molecule has 1 aliphatic rings. The minimum atomic E-state index is -0.764. The van der Waals surface area contributed by atoms with Crippen LogP contribution in [0.2, 0.25) is 0 Å². The average Bonchev–Trinajstić information content (AvgIpc) is 2.63. The van der Waals surface area contributed by atoms with E-state index in [1.807, 2.05) is 25.7 Å². The number of carbonyl (C=O) groups is 1. The largest absolute Gasteiger partial charge is 0.480 e.